The van der Waals surface area contributed by atoms with E-state index in [9.17, 15) is 4.39 Å². The average Bonchev–Trinajstić information content (AvgIpc) is 2.73. The van der Waals surface area contributed by atoms with Crippen molar-refractivity contribution in [2.45, 2.75) is 83.7 Å². The Labute approximate surface area is 171 Å². The van der Waals surface area contributed by atoms with Gasteiger partial charge in [-0.15, -0.1) is 6.58 Å². The zero-order valence-electron chi connectivity index (χ0n) is 17.8. The molecule has 156 valence electrons. The third-order valence-electron chi connectivity index (χ3n) is 7.49. The Morgan fingerprint density at radius 2 is 1.57 bits per heavy atom. The molecule has 2 aliphatic rings. The molecule has 0 saturated heterocycles. The van der Waals surface area contributed by atoms with E-state index in [0.29, 0.717) is 12.2 Å². The van der Waals surface area contributed by atoms with Crippen molar-refractivity contribution in [3.8, 4) is 0 Å². The molecule has 0 aliphatic heterocycles. The number of allylic oxidation sites excluding steroid dienone is 1. The first-order valence-electron chi connectivity index (χ1n) is 11.6. The van der Waals surface area contributed by atoms with E-state index < -0.39 is 0 Å². The summed E-state index contributed by atoms with van der Waals surface area (Å²) in [5.41, 5.74) is 1.79. The molecule has 1 nitrogen and oxygen atoms in total. The van der Waals surface area contributed by atoms with Gasteiger partial charge >= 0.3 is 0 Å². The fourth-order valence-corrected chi connectivity index (χ4v) is 5.64. The van der Waals surface area contributed by atoms with Crippen LogP contribution in [0.25, 0.3) is 0 Å². The molecule has 1 aromatic carbocycles. The Morgan fingerprint density at radius 1 is 0.964 bits per heavy atom. The van der Waals surface area contributed by atoms with Crippen molar-refractivity contribution in [2.24, 2.45) is 23.7 Å². The largest absolute Gasteiger partial charge is 0.380 e. The van der Waals surface area contributed by atoms with E-state index in [2.05, 4.69) is 18.7 Å². The van der Waals surface area contributed by atoms with Gasteiger partial charge in [0, 0.05) is 12.7 Å². The normalized spacial score (nSPS) is 28.2. The minimum atomic E-state index is -0.119. The highest BCUT2D eigenvalue weighted by Gasteiger charge is 2.30. The molecule has 0 radical (unpaired) electrons. The highest BCUT2D eigenvalue weighted by Crippen LogP contribution is 2.43. The summed E-state index contributed by atoms with van der Waals surface area (Å²) in [6.45, 7) is 4.22. The fourth-order valence-electron chi connectivity index (χ4n) is 5.64. The van der Waals surface area contributed by atoms with Gasteiger partial charge in [0.2, 0.25) is 0 Å². The van der Waals surface area contributed by atoms with E-state index in [0.717, 1.165) is 35.7 Å². The predicted molar refractivity (Wildman–Crippen MR) is 116 cm³/mol. The van der Waals surface area contributed by atoms with Gasteiger partial charge in [-0.2, -0.15) is 0 Å². The number of methoxy groups -OCH3 is 1. The van der Waals surface area contributed by atoms with E-state index >= 15 is 0 Å². The number of ether oxygens (including phenoxy) is 1. The number of hydrogen-bond acceptors (Lipinski definition) is 1. The first kappa shape index (κ1) is 21.6. The Morgan fingerprint density at radius 3 is 2.11 bits per heavy atom. The molecule has 0 spiro atoms. The summed E-state index contributed by atoms with van der Waals surface area (Å²) in [7, 11) is 1.61. The van der Waals surface area contributed by atoms with Gasteiger partial charge in [0.25, 0.3) is 0 Å². The molecule has 2 saturated carbocycles. The second-order valence-electron chi connectivity index (χ2n) is 9.33. The first-order chi connectivity index (χ1) is 13.7. The van der Waals surface area contributed by atoms with Crippen LogP contribution in [0.1, 0.15) is 81.8 Å². The first-order valence-corrected chi connectivity index (χ1v) is 11.6. The van der Waals surface area contributed by atoms with Crippen LogP contribution in [0.4, 0.5) is 4.39 Å². The molecule has 0 heterocycles. The summed E-state index contributed by atoms with van der Waals surface area (Å²) in [5, 5.41) is 0. The van der Waals surface area contributed by atoms with Crippen molar-refractivity contribution in [1.82, 2.24) is 0 Å². The second-order valence-corrected chi connectivity index (χ2v) is 9.33. The Kier molecular flexibility index (Phi) is 8.58. The van der Waals surface area contributed by atoms with Crippen molar-refractivity contribution in [3.63, 3.8) is 0 Å². The van der Waals surface area contributed by atoms with E-state index in [1.807, 2.05) is 6.07 Å². The highest BCUT2D eigenvalue weighted by atomic mass is 19.1. The highest BCUT2D eigenvalue weighted by molar-refractivity contribution is 5.24. The molecule has 2 heteroatoms. The van der Waals surface area contributed by atoms with Crippen LogP contribution >= 0.6 is 0 Å². The topological polar surface area (TPSA) is 9.23 Å². The van der Waals surface area contributed by atoms with Crippen molar-refractivity contribution in [3.05, 3.63) is 47.8 Å². The van der Waals surface area contributed by atoms with E-state index in [1.54, 1.807) is 13.2 Å². The quantitative estimate of drug-likeness (QED) is 0.400. The SMILES string of the molecule is C=CCCC1CCC(C2CCC(CCc3ccc(COC)c(F)c3)CC2)CC1. The second kappa shape index (κ2) is 11.1. The molecule has 3 rings (SSSR count). The number of rotatable bonds is 9. The summed E-state index contributed by atoms with van der Waals surface area (Å²) < 4.78 is 19.1. The molecule has 2 fully saturated rings. The molecule has 0 unspecified atom stereocenters. The van der Waals surface area contributed by atoms with Gasteiger partial charge in [-0.25, -0.2) is 4.39 Å². The van der Waals surface area contributed by atoms with Crippen molar-refractivity contribution >= 4 is 0 Å². The fraction of sp³-hybridized carbons (Fsp3) is 0.692. The number of hydrogen-bond donors (Lipinski definition) is 0. The van der Waals surface area contributed by atoms with Gasteiger partial charge in [-0.1, -0.05) is 43.9 Å². The Balaban J connectivity index is 1.37. The number of benzene rings is 1. The van der Waals surface area contributed by atoms with Crippen LogP contribution in [0.3, 0.4) is 0 Å². The van der Waals surface area contributed by atoms with Crippen LogP contribution in [0.2, 0.25) is 0 Å². The number of halogens is 1. The van der Waals surface area contributed by atoms with Crippen molar-refractivity contribution in [1.29, 1.82) is 0 Å². The summed E-state index contributed by atoms with van der Waals surface area (Å²) >= 11 is 0. The maximum absolute atomic E-state index is 14.1. The lowest BCUT2D eigenvalue weighted by molar-refractivity contribution is 0.141. The Hall–Kier alpha value is -1.15. The van der Waals surface area contributed by atoms with Crippen molar-refractivity contribution in [2.75, 3.05) is 7.11 Å². The molecule has 28 heavy (non-hydrogen) atoms. The van der Waals surface area contributed by atoms with Crippen LogP contribution in [0, 0.1) is 29.5 Å². The van der Waals surface area contributed by atoms with Crippen LogP contribution in [-0.4, -0.2) is 7.11 Å². The predicted octanol–water partition coefficient (Wildman–Crippen LogP) is 7.48. The molecule has 0 aromatic heterocycles. The van der Waals surface area contributed by atoms with Gasteiger partial charge < -0.3 is 4.74 Å². The lowest BCUT2D eigenvalue weighted by atomic mass is 9.68. The minimum Gasteiger partial charge on any atom is -0.380 e. The van der Waals surface area contributed by atoms with Crippen molar-refractivity contribution < 1.29 is 9.13 Å². The van der Waals surface area contributed by atoms with Gasteiger partial charge in [0.1, 0.15) is 5.82 Å². The van der Waals surface area contributed by atoms with Gasteiger partial charge in [-0.3, -0.25) is 0 Å². The molecule has 1 aromatic rings. The summed E-state index contributed by atoms with van der Waals surface area (Å²) in [6, 6.07) is 5.68. The summed E-state index contributed by atoms with van der Waals surface area (Å²) in [6.07, 6.45) is 18.3. The molecule has 0 bridgehead atoms. The summed E-state index contributed by atoms with van der Waals surface area (Å²) in [4.78, 5) is 0. The lowest BCUT2D eigenvalue weighted by Gasteiger charge is -2.38. The van der Waals surface area contributed by atoms with Crippen LogP contribution in [0.5, 0.6) is 0 Å². The zero-order valence-corrected chi connectivity index (χ0v) is 17.8. The molecule has 2 aliphatic carbocycles. The molecule has 0 amide bonds. The Bertz CT molecular complexity index is 594. The lowest BCUT2D eigenvalue weighted by Crippen LogP contribution is -2.26. The molecule has 0 N–H and O–H groups in total. The maximum Gasteiger partial charge on any atom is 0.128 e. The summed E-state index contributed by atoms with van der Waals surface area (Å²) in [5.74, 6) is 3.64. The zero-order chi connectivity index (χ0) is 19.8. The smallest absolute Gasteiger partial charge is 0.128 e. The van der Waals surface area contributed by atoms with E-state index in [-0.39, 0.29) is 5.82 Å². The average molecular weight is 387 g/mol. The van der Waals surface area contributed by atoms with Crippen LogP contribution < -0.4 is 0 Å². The third kappa shape index (κ3) is 6.17. The van der Waals surface area contributed by atoms with Gasteiger partial charge in [-0.05, 0) is 86.7 Å². The molecule has 0 atom stereocenters. The van der Waals surface area contributed by atoms with Gasteiger partial charge in [0.05, 0.1) is 6.61 Å². The molecular weight excluding hydrogens is 347 g/mol. The third-order valence-corrected chi connectivity index (χ3v) is 7.49. The maximum atomic E-state index is 14.1. The monoisotopic (exact) mass is 386 g/mol. The number of aryl methyl sites for hydroxylation is 1. The van der Waals surface area contributed by atoms with Gasteiger partial charge in [0.15, 0.2) is 0 Å². The minimum absolute atomic E-state index is 0.119. The standard InChI is InChI=1S/C26H39FO/c1-3-4-5-20-8-13-23(14-9-20)24-15-10-21(11-16-24)6-7-22-12-17-25(19-28-2)26(27)18-22/h3,12,17-18,20-21,23-24H,1,4-11,13-16,19H2,2H3. The van der Waals surface area contributed by atoms with Crippen LogP contribution in [-0.2, 0) is 17.8 Å². The van der Waals surface area contributed by atoms with Crippen LogP contribution in [0.15, 0.2) is 30.9 Å². The molecular formula is C26H39FO. The van der Waals surface area contributed by atoms with E-state index in [4.69, 9.17) is 4.74 Å². The van der Waals surface area contributed by atoms with E-state index in [1.165, 1.54) is 70.6 Å².